The van der Waals surface area contributed by atoms with Crippen molar-refractivity contribution in [3.63, 3.8) is 0 Å². The molecular formula is C15H15ClFNO2. The van der Waals surface area contributed by atoms with Gasteiger partial charge in [0.2, 0.25) is 0 Å². The summed E-state index contributed by atoms with van der Waals surface area (Å²) >= 11 is 6.07. The molecule has 0 saturated carbocycles. The molecule has 0 aliphatic rings. The van der Waals surface area contributed by atoms with Crippen molar-refractivity contribution in [3.8, 4) is 11.5 Å². The number of ether oxygens (including phenoxy) is 2. The van der Waals surface area contributed by atoms with Gasteiger partial charge in [-0.15, -0.1) is 0 Å². The summed E-state index contributed by atoms with van der Waals surface area (Å²) in [6.45, 7) is 0. The minimum Gasteiger partial charge on any atom is -0.493 e. The molecule has 0 heterocycles. The van der Waals surface area contributed by atoms with Gasteiger partial charge >= 0.3 is 0 Å². The summed E-state index contributed by atoms with van der Waals surface area (Å²) < 4.78 is 23.7. The molecule has 0 radical (unpaired) electrons. The van der Waals surface area contributed by atoms with Crippen molar-refractivity contribution in [1.29, 1.82) is 0 Å². The van der Waals surface area contributed by atoms with E-state index in [1.54, 1.807) is 32.4 Å². The van der Waals surface area contributed by atoms with Gasteiger partial charge in [0.1, 0.15) is 5.82 Å². The van der Waals surface area contributed by atoms with Gasteiger partial charge in [0.15, 0.2) is 11.5 Å². The Morgan fingerprint density at radius 1 is 1.05 bits per heavy atom. The minimum absolute atomic E-state index is 0.375. The minimum atomic E-state index is -0.544. The zero-order valence-corrected chi connectivity index (χ0v) is 11.9. The smallest absolute Gasteiger partial charge is 0.161 e. The van der Waals surface area contributed by atoms with Gasteiger partial charge in [-0.3, -0.25) is 0 Å². The Morgan fingerprint density at radius 2 is 1.75 bits per heavy atom. The fourth-order valence-corrected chi connectivity index (χ4v) is 2.21. The second-order valence-corrected chi connectivity index (χ2v) is 4.67. The van der Waals surface area contributed by atoms with Gasteiger partial charge in [0.25, 0.3) is 0 Å². The Hall–Kier alpha value is -1.78. The van der Waals surface area contributed by atoms with Crippen molar-refractivity contribution in [2.75, 3.05) is 14.2 Å². The van der Waals surface area contributed by atoms with Crippen LogP contribution in [0.4, 0.5) is 4.39 Å². The maximum Gasteiger partial charge on any atom is 0.161 e. The average molecular weight is 296 g/mol. The number of benzene rings is 2. The third kappa shape index (κ3) is 2.86. The third-order valence-corrected chi connectivity index (χ3v) is 3.40. The van der Waals surface area contributed by atoms with Crippen molar-refractivity contribution in [2.45, 2.75) is 6.04 Å². The summed E-state index contributed by atoms with van der Waals surface area (Å²) in [5, 5.41) is 0.425. The second-order valence-electron chi connectivity index (χ2n) is 4.26. The highest BCUT2D eigenvalue weighted by atomic mass is 35.5. The Labute approximate surface area is 122 Å². The van der Waals surface area contributed by atoms with Crippen LogP contribution in [-0.2, 0) is 0 Å². The number of hydrogen-bond acceptors (Lipinski definition) is 3. The number of nitrogens with two attached hydrogens (primary N) is 1. The van der Waals surface area contributed by atoms with E-state index in [1.807, 2.05) is 0 Å². The maximum atomic E-state index is 13.3. The maximum absolute atomic E-state index is 13.3. The van der Waals surface area contributed by atoms with Crippen LogP contribution in [0, 0.1) is 5.82 Å². The number of rotatable bonds is 4. The SMILES string of the molecule is COc1ccc(C(N)c2cc(F)ccc2Cl)cc1OC. The molecule has 0 aromatic heterocycles. The van der Waals surface area contributed by atoms with E-state index in [1.165, 1.54) is 18.2 Å². The van der Waals surface area contributed by atoms with Crippen LogP contribution in [0.5, 0.6) is 11.5 Å². The van der Waals surface area contributed by atoms with Crippen LogP contribution in [0.3, 0.4) is 0 Å². The Morgan fingerprint density at radius 3 is 2.40 bits per heavy atom. The van der Waals surface area contributed by atoms with Crippen LogP contribution in [0.1, 0.15) is 17.2 Å². The lowest BCUT2D eigenvalue weighted by Gasteiger charge is -2.16. The summed E-state index contributed by atoms with van der Waals surface area (Å²) in [6.07, 6.45) is 0. The molecule has 1 unspecified atom stereocenters. The molecule has 106 valence electrons. The van der Waals surface area contributed by atoms with Crippen LogP contribution in [-0.4, -0.2) is 14.2 Å². The van der Waals surface area contributed by atoms with E-state index in [4.69, 9.17) is 26.8 Å². The van der Waals surface area contributed by atoms with Crippen molar-refractivity contribution < 1.29 is 13.9 Å². The summed E-state index contributed by atoms with van der Waals surface area (Å²) in [7, 11) is 3.10. The normalized spacial score (nSPS) is 12.1. The third-order valence-electron chi connectivity index (χ3n) is 3.06. The zero-order valence-electron chi connectivity index (χ0n) is 11.2. The van der Waals surface area contributed by atoms with E-state index in [-0.39, 0.29) is 5.82 Å². The van der Waals surface area contributed by atoms with Gasteiger partial charge in [0, 0.05) is 5.02 Å². The molecule has 0 fully saturated rings. The molecule has 2 rings (SSSR count). The van der Waals surface area contributed by atoms with Crippen molar-refractivity contribution >= 4 is 11.6 Å². The number of halogens is 2. The predicted octanol–water partition coefficient (Wildman–Crippen LogP) is 3.54. The highest BCUT2D eigenvalue weighted by Crippen LogP contribution is 2.33. The van der Waals surface area contributed by atoms with Gasteiger partial charge < -0.3 is 15.2 Å². The van der Waals surface area contributed by atoms with E-state index >= 15 is 0 Å². The second kappa shape index (κ2) is 6.11. The van der Waals surface area contributed by atoms with Crippen molar-refractivity contribution in [1.82, 2.24) is 0 Å². The summed E-state index contributed by atoms with van der Waals surface area (Å²) in [5.74, 6) is 0.794. The zero-order chi connectivity index (χ0) is 14.7. The van der Waals surface area contributed by atoms with Crippen molar-refractivity contribution in [3.05, 3.63) is 58.4 Å². The van der Waals surface area contributed by atoms with Gasteiger partial charge in [-0.1, -0.05) is 17.7 Å². The predicted molar refractivity (Wildman–Crippen MR) is 77.0 cm³/mol. The molecule has 20 heavy (non-hydrogen) atoms. The summed E-state index contributed by atoms with van der Waals surface area (Å²) in [4.78, 5) is 0. The molecule has 0 spiro atoms. The molecule has 2 aromatic carbocycles. The first-order valence-corrected chi connectivity index (χ1v) is 6.37. The first kappa shape index (κ1) is 14.6. The quantitative estimate of drug-likeness (QED) is 0.938. The van der Waals surface area contributed by atoms with E-state index < -0.39 is 6.04 Å². The topological polar surface area (TPSA) is 44.5 Å². The fourth-order valence-electron chi connectivity index (χ4n) is 1.98. The highest BCUT2D eigenvalue weighted by molar-refractivity contribution is 6.31. The van der Waals surface area contributed by atoms with Crippen LogP contribution in [0.2, 0.25) is 5.02 Å². The Kier molecular flexibility index (Phi) is 4.47. The van der Waals surface area contributed by atoms with Crippen LogP contribution in [0.25, 0.3) is 0 Å². The van der Waals surface area contributed by atoms with Gasteiger partial charge in [-0.05, 0) is 41.5 Å². The molecule has 2 aromatic rings. The Bertz CT molecular complexity index is 619. The molecule has 0 bridgehead atoms. The molecular weight excluding hydrogens is 281 g/mol. The van der Waals surface area contributed by atoms with E-state index in [2.05, 4.69) is 0 Å². The van der Waals surface area contributed by atoms with Crippen molar-refractivity contribution in [2.24, 2.45) is 5.73 Å². The van der Waals surface area contributed by atoms with E-state index in [0.29, 0.717) is 22.1 Å². The summed E-state index contributed by atoms with van der Waals surface area (Å²) in [5.41, 5.74) is 7.44. The highest BCUT2D eigenvalue weighted by Gasteiger charge is 2.15. The molecule has 2 N–H and O–H groups in total. The standard InChI is InChI=1S/C15H15ClFNO2/c1-19-13-6-3-9(7-14(13)20-2)15(18)11-8-10(17)4-5-12(11)16/h3-8,15H,18H2,1-2H3. The number of hydrogen-bond donors (Lipinski definition) is 1. The molecule has 1 atom stereocenters. The van der Waals surface area contributed by atoms with Crippen LogP contribution in [0.15, 0.2) is 36.4 Å². The molecule has 3 nitrogen and oxygen atoms in total. The lowest BCUT2D eigenvalue weighted by molar-refractivity contribution is 0.354. The molecule has 0 amide bonds. The largest absolute Gasteiger partial charge is 0.493 e. The monoisotopic (exact) mass is 295 g/mol. The van der Waals surface area contributed by atoms with Crippen LogP contribution < -0.4 is 15.2 Å². The van der Waals surface area contributed by atoms with Gasteiger partial charge in [0.05, 0.1) is 20.3 Å². The first-order valence-electron chi connectivity index (χ1n) is 5.99. The lowest BCUT2D eigenvalue weighted by atomic mass is 9.99. The fraction of sp³-hybridized carbons (Fsp3) is 0.200. The molecule has 5 heteroatoms. The van der Waals surface area contributed by atoms with Gasteiger partial charge in [-0.2, -0.15) is 0 Å². The van der Waals surface area contributed by atoms with E-state index in [0.717, 1.165) is 5.56 Å². The number of methoxy groups -OCH3 is 2. The molecule has 0 aliphatic heterocycles. The van der Waals surface area contributed by atoms with Crippen LogP contribution >= 0.6 is 11.6 Å². The Balaban J connectivity index is 2.42. The average Bonchev–Trinajstić information content (AvgIpc) is 2.48. The van der Waals surface area contributed by atoms with Gasteiger partial charge in [-0.25, -0.2) is 4.39 Å². The molecule has 0 saturated heterocycles. The molecule has 0 aliphatic carbocycles. The summed E-state index contributed by atoms with van der Waals surface area (Å²) in [6, 6.07) is 8.89. The van der Waals surface area contributed by atoms with E-state index in [9.17, 15) is 4.39 Å². The first-order chi connectivity index (χ1) is 9.56. The lowest BCUT2D eigenvalue weighted by Crippen LogP contribution is -2.13.